The number of hydrogen-bond acceptors (Lipinski definition) is 4. The highest BCUT2D eigenvalue weighted by molar-refractivity contribution is 5.65. The number of nitro groups is 1. The molecule has 0 bridgehead atoms. The number of rotatable bonds is 5. The van der Waals surface area contributed by atoms with Crippen LogP contribution in [0.15, 0.2) is 18.2 Å². The van der Waals surface area contributed by atoms with Gasteiger partial charge < -0.3 is 10.2 Å². The Bertz CT molecular complexity index is 522. The van der Waals surface area contributed by atoms with Crippen LogP contribution in [-0.4, -0.2) is 30.1 Å². The predicted molar refractivity (Wildman–Crippen MR) is 83.8 cm³/mol. The number of nitrogens with one attached hydrogen (secondary N) is 1. The molecule has 5 heteroatoms. The maximum absolute atomic E-state index is 11.3. The molecule has 1 saturated carbocycles. The van der Waals surface area contributed by atoms with Gasteiger partial charge in [0, 0.05) is 24.7 Å². The van der Waals surface area contributed by atoms with Crippen LogP contribution >= 0.6 is 0 Å². The standard InChI is InChI=1S/C16H23N3O2/c1-12-5-8-15(19(20)21)16(10-12)18(14-6-7-14)11-13-4-2-3-9-17-13/h5,8,10,13-14,17H,2-4,6-7,9,11H2,1H3. The molecule has 1 aliphatic carbocycles. The van der Waals surface area contributed by atoms with Crippen molar-refractivity contribution in [3.63, 3.8) is 0 Å². The number of nitro benzene ring substituents is 1. The van der Waals surface area contributed by atoms with Gasteiger partial charge in [0.15, 0.2) is 0 Å². The fourth-order valence-electron chi connectivity index (χ4n) is 3.17. The summed E-state index contributed by atoms with van der Waals surface area (Å²) in [7, 11) is 0. The zero-order valence-corrected chi connectivity index (χ0v) is 12.5. The van der Waals surface area contributed by atoms with Gasteiger partial charge in [-0.3, -0.25) is 10.1 Å². The van der Waals surface area contributed by atoms with Crippen LogP contribution in [0.25, 0.3) is 0 Å². The first-order chi connectivity index (χ1) is 10.1. The summed E-state index contributed by atoms with van der Waals surface area (Å²) in [5.41, 5.74) is 2.12. The molecule has 2 aliphatic rings. The monoisotopic (exact) mass is 289 g/mol. The van der Waals surface area contributed by atoms with Crippen LogP contribution in [0.2, 0.25) is 0 Å². The first-order valence-corrected chi connectivity index (χ1v) is 7.90. The van der Waals surface area contributed by atoms with Crippen molar-refractivity contribution < 1.29 is 4.92 Å². The van der Waals surface area contributed by atoms with Crippen LogP contribution in [0.1, 0.15) is 37.7 Å². The summed E-state index contributed by atoms with van der Waals surface area (Å²) in [6.07, 6.45) is 5.97. The Balaban J connectivity index is 1.86. The molecule has 1 atom stereocenters. The lowest BCUT2D eigenvalue weighted by Crippen LogP contribution is -2.44. The molecule has 0 aromatic heterocycles. The van der Waals surface area contributed by atoms with E-state index >= 15 is 0 Å². The largest absolute Gasteiger partial charge is 0.361 e. The lowest BCUT2D eigenvalue weighted by molar-refractivity contribution is -0.384. The van der Waals surface area contributed by atoms with Crippen molar-refractivity contribution in [2.75, 3.05) is 18.0 Å². The van der Waals surface area contributed by atoms with Gasteiger partial charge >= 0.3 is 0 Å². The second kappa shape index (κ2) is 6.02. The molecule has 114 valence electrons. The predicted octanol–water partition coefficient (Wildman–Crippen LogP) is 3.01. The average molecular weight is 289 g/mol. The molecule has 21 heavy (non-hydrogen) atoms. The number of hydrogen-bond donors (Lipinski definition) is 1. The minimum atomic E-state index is -0.252. The molecule has 1 heterocycles. The van der Waals surface area contributed by atoms with Crippen molar-refractivity contribution in [3.8, 4) is 0 Å². The lowest BCUT2D eigenvalue weighted by Gasteiger charge is -2.32. The summed E-state index contributed by atoms with van der Waals surface area (Å²) < 4.78 is 0. The van der Waals surface area contributed by atoms with Gasteiger partial charge in [0.1, 0.15) is 5.69 Å². The molecule has 3 rings (SSSR count). The molecule has 0 amide bonds. The Labute approximate surface area is 125 Å². The fourth-order valence-corrected chi connectivity index (χ4v) is 3.17. The molecule has 0 spiro atoms. The first-order valence-electron chi connectivity index (χ1n) is 7.90. The molecular formula is C16H23N3O2. The van der Waals surface area contributed by atoms with Crippen molar-refractivity contribution in [3.05, 3.63) is 33.9 Å². The van der Waals surface area contributed by atoms with E-state index < -0.39 is 0 Å². The molecule has 5 nitrogen and oxygen atoms in total. The molecular weight excluding hydrogens is 266 g/mol. The highest BCUT2D eigenvalue weighted by Gasteiger charge is 2.34. The third-order valence-corrected chi connectivity index (χ3v) is 4.45. The van der Waals surface area contributed by atoms with E-state index in [2.05, 4.69) is 10.2 Å². The summed E-state index contributed by atoms with van der Waals surface area (Å²) >= 11 is 0. The van der Waals surface area contributed by atoms with Crippen molar-refractivity contribution >= 4 is 11.4 Å². The number of aryl methyl sites for hydroxylation is 1. The molecule has 1 saturated heterocycles. The highest BCUT2D eigenvalue weighted by atomic mass is 16.6. The van der Waals surface area contributed by atoms with Gasteiger partial charge in [0.25, 0.3) is 5.69 Å². The number of piperidine rings is 1. The van der Waals surface area contributed by atoms with E-state index in [1.807, 2.05) is 19.1 Å². The summed E-state index contributed by atoms with van der Waals surface area (Å²) in [6, 6.07) is 6.38. The van der Waals surface area contributed by atoms with Crippen LogP contribution < -0.4 is 10.2 Å². The number of anilines is 1. The SMILES string of the molecule is Cc1ccc([N+](=O)[O-])c(N(CC2CCCCN2)C2CC2)c1. The number of benzene rings is 1. The van der Waals surface area contributed by atoms with Gasteiger partial charge in [0.2, 0.25) is 0 Å². The Morgan fingerprint density at radius 2 is 2.14 bits per heavy atom. The van der Waals surface area contributed by atoms with E-state index in [0.29, 0.717) is 12.1 Å². The van der Waals surface area contributed by atoms with Gasteiger partial charge in [-0.05, 0) is 50.8 Å². The molecule has 1 N–H and O–H groups in total. The number of nitrogens with zero attached hydrogens (tertiary/aromatic N) is 2. The van der Waals surface area contributed by atoms with Gasteiger partial charge in [-0.1, -0.05) is 12.5 Å². The fraction of sp³-hybridized carbons (Fsp3) is 0.625. The summed E-state index contributed by atoms with van der Waals surface area (Å²) in [5.74, 6) is 0. The minimum Gasteiger partial charge on any atom is -0.361 e. The zero-order valence-electron chi connectivity index (χ0n) is 12.5. The van der Waals surface area contributed by atoms with Crippen molar-refractivity contribution in [2.45, 2.75) is 51.1 Å². The highest BCUT2D eigenvalue weighted by Crippen LogP contribution is 2.37. The van der Waals surface area contributed by atoms with Gasteiger partial charge in [-0.25, -0.2) is 0 Å². The van der Waals surface area contributed by atoms with Crippen molar-refractivity contribution in [1.29, 1.82) is 0 Å². The topological polar surface area (TPSA) is 58.4 Å². The normalized spacial score (nSPS) is 22.0. The average Bonchev–Trinajstić information content (AvgIpc) is 3.30. The minimum absolute atomic E-state index is 0.239. The van der Waals surface area contributed by atoms with Gasteiger partial charge in [0.05, 0.1) is 4.92 Å². The molecule has 1 aromatic rings. The van der Waals surface area contributed by atoms with Crippen LogP contribution in [-0.2, 0) is 0 Å². The van der Waals surface area contributed by atoms with Crippen LogP contribution in [0.3, 0.4) is 0 Å². The third-order valence-electron chi connectivity index (χ3n) is 4.45. The Hall–Kier alpha value is -1.62. The summed E-state index contributed by atoms with van der Waals surface area (Å²) in [6.45, 7) is 3.95. The second-order valence-electron chi connectivity index (χ2n) is 6.28. The Kier molecular flexibility index (Phi) is 4.10. The van der Waals surface area contributed by atoms with Gasteiger partial charge in [-0.15, -0.1) is 0 Å². The van der Waals surface area contributed by atoms with Gasteiger partial charge in [-0.2, -0.15) is 0 Å². The van der Waals surface area contributed by atoms with Crippen LogP contribution in [0, 0.1) is 17.0 Å². The van der Waals surface area contributed by atoms with Crippen LogP contribution in [0.4, 0.5) is 11.4 Å². The van der Waals surface area contributed by atoms with Crippen molar-refractivity contribution in [2.24, 2.45) is 0 Å². The van der Waals surface area contributed by atoms with E-state index in [0.717, 1.165) is 37.2 Å². The maximum Gasteiger partial charge on any atom is 0.292 e. The lowest BCUT2D eigenvalue weighted by atomic mass is 10.0. The smallest absolute Gasteiger partial charge is 0.292 e. The van der Waals surface area contributed by atoms with Crippen molar-refractivity contribution in [1.82, 2.24) is 5.32 Å². The van der Waals surface area contributed by atoms with E-state index in [-0.39, 0.29) is 10.6 Å². The van der Waals surface area contributed by atoms with E-state index in [9.17, 15) is 10.1 Å². The molecule has 1 aliphatic heterocycles. The van der Waals surface area contributed by atoms with E-state index in [4.69, 9.17) is 0 Å². The van der Waals surface area contributed by atoms with E-state index in [1.54, 1.807) is 6.07 Å². The molecule has 0 radical (unpaired) electrons. The molecule has 2 fully saturated rings. The second-order valence-corrected chi connectivity index (χ2v) is 6.28. The molecule has 1 aromatic carbocycles. The summed E-state index contributed by atoms with van der Waals surface area (Å²) in [4.78, 5) is 13.4. The zero-order chi connectivity index (χ0) is 14.8. The van der Waals surface area contributed by atoms with Crippen LogP contribution in [0.5, 0.6) is 0 Å². The van der Waals surface area contributed by atoms with E-state index in [1.165, 1.54) is 19.3 Å². The quantitative estimate of drug-likeness (QED) is 0.668. The third kappa shape index (κ3) is 3.35. The Morgan fingerprint density at radius 3 is 2.76 bits per heavy atom. The Morgan fingerprint density at radius 1 is 1.33 bits per heavy atom. The molecule has 1 unspecified atom stereocenters. The summed E-state index contributed by atoms with van der Waals surface area (Å²) in [5, 5.41) is 14.9. The first kappa shape index (κ1) is 14.3. The maximum atomic E-state index is 11.3.